The average Bonchev–Trinajstić information content (AvgIpc) is 2.82. The molecule has 1 unspecified atom stereocenters. The van der Waals surface area contributed by atoms with Gasteiger partial charge in [0, 0.05) is 0 Å². The third-order valence-electron chi connectivity index (χ3n) is 5.91. The Morgan fingerprint density at radius 3 is 2.09 bits per heavy atom. The van der Waals surface area contributed by atoms with Crippen LogP contribution in [-0.2, 0) is 26.7 Å². The van der Waals surface area contributed by atoms with Gasteiger partial charge in [-0.15, -0.1) is 0 Å². The van der Waals surface area contributed by atoms with Crippen LogP contribution in [0.1, 0.15) is 57.4 Å². The van der Waals surface area contributed by atoms with Crippen molar-refractivity contribution in [2.45, 2.75) is 57.4 Å². The molecule has 180 valence electrons. The molecule has 0 fully saturated rings. The molecule has 5 nitrogen and oxygen atoms in total. The molecule has 0 radical (unpaired) electrons. The molecule has 0 saturated heterocycles. The molecule has 6 heteroatoms. The van der Waals surface area contributed by atoms with Crippen LogP contribution in [0.2, 0.25) is 0 Å². The van der Waals surface area contributed by atoms with E-state index >= 15 is 0 Å². The average molecular weight is 479 g/mol. The van der Waals surface area contributed by atoms with Crippen molar-refractivity contribution in [2.75, 3.05) is 10.8 Å². The number of rotatable bonds is 8. The summed E-state index contributed by atoms with van der Waals surface area (Å²) in [5, 5.41) is 2.97. The highest BCUT2D eigenvalue weighted by molar-refractivity contribution is 7.92. The SMILES string of the molecule is CCc1ccccc1N(CC(=O)NC(C)c1ccc(C(C)(C)C)cc1)S(=O)(=O)c1ccccc1. The summed E-state index contributed by atoms with van der Waals surface area (Å²) in [5.41, 5.74) is 3.61. The van der Waals surface area contributed by atoms with Crippen molar-refractivity contribution in [3.63, 3.8) is 0 Å². The highest BCUT2D eigenvalue weighted by Gasteiger charge is 2.29. The summed E-state index contributed by atoms with van der Waals surface area (Å²) >= 11 is 0. The molecule has 34 heavy (non-hydrogen) atoms. The van der Waals surface area contributed by atoms with Gasteiger partial charge in [-0.05, 0) is 53.6 Å². The lowest BCUT2D eigenvalue weighted by Gasteiger charge is -2.27. The fourth-order valence-corrected chi connectivity index (χ4v) is 5.32. The minimum atomic E-state index is -3.93. The van der Waals surface area contributed by atoms with E-state index in [-0.39, 0.29) is 28.8 Å². The zero-order valence-electron chi connectivity index (χ0n) is 20.6. The number of nitrogens with one attached hydrogen (secondary N) is 1. The highest BCUT2D eigenvalue weighted by Crippen LogP contribution is 2.28. The number of hydrogen-bond acceptors (Lipinski definition) is 3. The van der Waals surface area contributed by atoms with Crippen molar-refractivity contribution in [2.24, 2.45) is 0 Å². The number of para-hydroxylation sites is 1. The monoisotopic (exact) mass is 478 g/mol. The van der Waals surface area contributed by atoms with Gasteiger partial charge in [0.2, 0.25) is 5.91 Å². The van der Waals surface area contributed by atoms with Gasteiger partial charge in [0.1, 0.15) is 6.54 Å². The second-order valence-electron chi connectivity index (χ2n) is 9.47. The Morgan fingerprint density at radius 1 is 0.912 bits per heavy atom. The van der Waals surface area contributed by atoms with Crippen LogP contribution in [0.5, 0.6) is 0 Å². The maximum absolute atomic E-state index is 13.6. The predicted octanol–water partition coefficient (Wildman–Crippen LogP) is 5.62. The lowest BCUT2D eigenvalue weighted by atomic mass is 9.86. The van der Waals surface area contributed by atoms with E-state index in [1.54, 1.807) is 42.5 Å². The molecule has 0 heterocycles. The standard InChI is InChI=1S/C28H34N2O3S/c1-6-22-12-10-11-15-26(22)30(34(32,33)25-13-8-7-9-14-25)20-27(31)29-21(2)23-16-18-24(19-17-23)28(3,4)5/h7-19,21H,6,20H2,1-5H3,(H,29,31). The van der Waals surface area contributed by atoms with Gasteiger partial charge >= 0.3 is 0 Å². The molecule has 0 aliphatic rings. The van der Waals surface area contributed by atoms with Crippen molar-refractivity contribution >= 4 is 21.6 Å². The molecular formula is C28H34N2O3S. The number of carbonyl (C=O) groups excluding carboxylic acids is 1. The van der Waals surface area contributed by atoms with Gasteiger partial charge in [-0.25, -0.2) is 8.42 Å². The second kappa shape index (κ2) is 10.4. The summed E-state index contributed by atoms with van der Waals surface area (Å²) in [5.74, 6) is -0.363. The lowest BCUT2D eigenvalue weighted by molar-refractivity contribution is -0.120. The summed E-state index contributed by atoms with van der Waals surface area (Å²) < 4.78 is 28.4. The molecular weight excluding hydrogens is 444 g/mol. The van der Waals surface area contributed by atoms with Crippen LogP contribution < -0.4 is 9.62 Å². The molecule has 0 aliphatic heterocycles. The fourth-order valence-electron chi connectivity index (χ4n) is 3.85. The summed E-state index contributed by atoms with van der Waals surface area (Å²) in [4.78, 5) is 13.2. The van der Waals surface area contributed by atoms with E-state index < -0.39 is 10.0 Å². The van der Waals surface area contributed by atoms with E-state index in [1.165, 1.54) is 9.87 Å². The Morgan fingerprint density at radius 2 is 1.50 bits per heavy atom. The summed E-state index contributed by atoms with van der Waals surface area (Å²) in [6.07, 6.45) is 0.648. The molecule has 1 atom stereocenters. The van der Waals surface area contributed by atoms with Crippen LogP contribution in [0.25, 0.3) is 0 Å². The van der Waals surface area contributed by atoms with Gasteiger partial charge in [-0.2, -0.15) is 0 Å². The first-order chi connectivity index (χ1) is 16.0. The van der Waals surface area contributed by atoms with E-state index in [2.05, 4.69) is 38.2 Å². The van der Waals surface area contributed by atoms with Gasteiger partial charge in [0.15, 0.2) is 0 Å². The zero-order chi connectivity index (χ0) is 24.9. The molecule has 0 saturated carbocycles. The maximum Gasteiger partial charge on any atom is 0.264 e. The normalized spacial score (nSPS) is 12.7. The molecule has 3 aromatic carbocycles. The van der Waals surface area contributed by atoms with Crippen LogP contribution in [0, 0.1) is 0 Å². The van der Waals surface area contributed by atoms with E-state index in [9.17, 15) is 13.2 Å². The smallest absolute Gasteiger partial charge is 0.264 e. The molecule has 1 amide bonds. The summed E-state index contributed by atoms with van der Waals surface area (Å²) in [7, 11) is -3.93. The number of benzene rings is 3. The Kier molecular flexibility index (Phi) is 7.82. The summed E-state index contributed by atoms with van der Waals surface area (Å²) in [6.45, 7) is 10.0. The molecule has 3 rings (SSSR count). The predicted molar refractivity (Wildman–Crippen MR) is 138 cm³/mol. The Hall–Kier alpha value is -3.12. The molecule has 0 bridgehead atoms. The highest BCUT2D eigenvalue weighted by atomic mass is 32.2. The van der Waals surface area contributed by atoms with Crippen molar-refractivity contribution < 1.29 is 13.2 Å². The van der Waals surface area contributed by atoms with Gasteiger partial charge in [-0.1, -0.05) is 88.4 Å². The number of sulfonamides is 1. The number of amides is 1. The number of aryl methyl sites for hydroxylation is 1. The quantitative estimate of drug-likeness (QED) is 0.457. The van der Waals surface area contributed by atoms with Crippen molar-refractivity contribution in [1.29, 1.82) is 0 Å². The van der Waals surface area contributed by atoms with Crippen molar-refractivity contribution in [3.8, 4) is 0 Å². The van der Waals surface area contributed by atoms with E-state index in [4.69, 9.17) is 0 Å². The topological polar surface area (TPSA) is 66.5 Å². The molecule has 0 aromatic heterocycles. The number of anilines is 1. The Balaban J connectivity index is 1.87. The van der Waals surface area contributed by atoms with Crippen LogP contribution in [0.15, 0.2) is 83.8 Å². The van der Waals surface area contributed by atoms with E-state index in [0.29, 0.717) is 12.1 Å². The number of nitrogens with zero attached hydrogens (tertiary/aromatic N) is 1. The maximum atomic E-state index is 13.6. The van der Waals surface area contributed by atoms with Gasteiger partial charge in [0.05, 0.1) is 16.6 Å². The third-order valence-corrected chi connectivity index (χ3v) is 7.69. The first-order valence-electron chi connectivity index (χ1n) is 11.6. The minimum absolute atomic E-state index is 0.0456. The largest absolute Gasteiger partial charge is 0.348 e. The Labute approximate surface area is 203 Å². The second-order valence-corrected chi connectivity index (χ2v) is 11.3. The molecule has 1 N–H and O–H groups in total. The van der Waals surface area contributed by atoms with Crippen LogP contribution >= 0.6 is 0 Å². The summed E-state index contributed by atoms with van der Waals surface area (Å²) in [6, 6.07) is 23.4. The van der Waals surface area contributed by atoms with Crippen molar-refractivity contribution in [3.05, 3.63) is 95.6 Å². The first-order valence-corrected chi connectivity index (χ1v) is 13.0. The number of hydrogen-bond donors (Lipinski definition) is 1. The first kappa shape index (κ1) is 25.5. The minimum Gasteiger partial charge on any atom is -0.348 e. The zero-order valence-corrected chi connectivity index (χ0v) is 21.4. The number of carbonyl (C=O) groups is 1. The third kappa shape index (κ3) is 5.86. The van der Waals surface area contributed by atoms with Gasteiger partial charge in [-0.3, -0.25) is 9.10 Å². The molecule has 0 aliphatic carbocycles. The van der Waals surface area contributed by atoms with E-state index in [0.717, 1.165) is 11.1 Å². The van der Waals surface area contributed by atoms with Crippen molar-refractivity contribution in [1.82, 2.24) is 5.32 Å². The van der Waals surface area contributed by atoms with Crippen LogP contribution in [0.3, 0.4) is 0 Å². The van der Waals surface area contributed by atoms with Crippen LogP contribution in [0.4, 0.5) is 5.69 Å². The fraction of sp³-hybridized carbons (Fsp3) is 0.321. The molecule has 3 aromatic rings. The van der Waals surface area contributed by atoms with E-state index in [1.807, 2.05) is 38.1 Å². The van der Waals surface area contributed by atoms with Crippen LogP contribution in [-0.4, -0.2) is 20.9 Å². The lowest BCUT2D eigenvalue weighted by Crippen LogP contribution is -2.42. The van der Waals surface area contributed by atoms with Gasteiger partial charge in [0.25, 0.3) is 10.0 Å². The van der Waals surface area contributed by atoms with Gasteiger partial charge < -0.3 is 5.32 Å². The molecule has 0 spiro atoms. The Bertz CT molecular complexity index is 1210.